The van der Waals surface area contributed by atoms with E-state index < -0.39 is 11.9 Å². The largest absolute Gasteiger partial charge is 0.395 e. The quantitative estimate of drug-likeness (QED) is 0.408. The maximum atomic E-state index is 14.3. The highest BCUT2D eigenvalue weighted by molar-refractivity contribution is 6.07. The van der Waals surface area contributed by atoms with E-state index in [9.17, 15) is 14.9 Å². The van der Waals surface area contributed by atoms with Crippen molar-refractivity contribution in [2.24, 2.45) is 7.05 Å². The number of aliphatic hydroxyl groups excluding tert-OH is 1. The summed E-state index contributed by atoms with van der Waals surface area (Å²) in [4.78, 5) is 9.19. The topological polar surface area (TPSA) is 128 Å². The maximum absolute atomic E-state index is 14.3. The van der Waals surface area contributed by atoms with E-state index in [0.29, 0.717) is 28.2 Å². The predicted octanol–water partition coefficient (Wildman–Crippen LogP) is 2.12. The average molecular weight is 432 g/mol. The Kier molecular flexibility index (Phi) is 5.73. The van der Waals surface area contributed by atoms with Gasteiger partial charge in [0.2, 0.25) is 0 Å². The van der Waals surface area contributed by atoms with E-state index in [2.05, 4.69) is 21.7 Å². The monoisotopic (exact) mass is 432 g/mol. The molecule has 0 aliphatic rings. The van der Waals surface area contributed by atoms with Crippen LogP contribution in [0.15, 0.2) is 30.6 Å². The van der Waals surface area contributed by atoms with Crippen LogP contribution in [0, 0.1) is 28.5 Å². The molecule has 3 heterocycles. The van der Waals surface area contributed by atoms with Gasteiger partial charge in [0.05, 0.1) is 48.4 Å². The fourth-order valence-corrected chi connectivity index (χ4v) is 3.89. The number of imidazole rings is 1. The molecule has 1 aromatic carbocycles. The number of aliphatic hydroxyl groups is 1. The van der Waals surface area contributed by atoms with Crippen molar-refractivity contribution in [3.63, 3.8) is 0 Å². The zero-order valence-corrected chi connectivity index (χ0v) is 17.6. The molecule has 4 aromatic rings. The van der Waals surface area contributed by atoms with E-state index in [1.807, 2.05) is 28.3 Å². The van der Waals surface area contributed by atoms with Crippen LogP contribution in [-0.2, 0) is 13.6 Å². The zero-order valence-electron chi connectivity index (χ0n) is 17.6. The van der Waals surface area contributed by atoms with Crippen molar-refractivity contribution in [2.75, 3.05) is 25.5 Å². The molecule has 4 rings (SSSR count). The number of halogens is 1. The van der Waals surface area contributed by atoms with Gasteiger partial charge >= 0.3 is 0 Å². The fourth-order valence-electron chi connectivity index (χ4n) is 3.89. The molecule has 0 spiro atoms. The first-order valence-electron chi connectivity index (χ1n) is 9.97. The number of nitrogens with zero attached hydrogens (tertiary/aromatic N) is 6. The summed E-state index contributed by atoms with van der Waals surface area (Å²) >= 11 is 0. The maximum Gasteiger partial charge on any atom is 0.156 e. The van der Waals surface area contributed by atoms with Gasteiger partial charge in [-0.3, -0.25) is 5.32 Å². The van der Waals surface area contributed by atoms with Gasteiger partial charge in [-0.05, 0) is 24.3 Å². The Balaban J connectivity index is 2.03. The molecule has 162 valence electrons. The Morgan fingerprint density at radius 1 is 1.25 bits per heavy atom. The molecule has 3 N–H and O–H groups in total. The molecule has 0 bridgehead atoms. The minimum atomic E-state index is -0.623. The highest BCUT2D eigenvalue weighted by atomic mass is 19.1. The van der Waals surface area contributed by atoms with Crippen molar-refractivity contribution in [3.8, 4) is 23.4 Å². The number of benzene rings is 1. The summed E-state index contributed by atoms with van der Waals surface area (Å²) in [6.07, 6.45) is 1.69. The Hall–Kier alpha value is -3.99. The van der Waals surface area contributed by atoms with Crippen molar-refractivity contribution < 1.29 is 9.50 Å². The highest BCUT2D eigenvalue weighted by Crippen LogP contribution is 2.35. The van der Waals surface area contributed by atoms with Gasteiger partial charge in [0.25, 0.3) is 0 Å². The average Bonchev–Trinajstić information content (AvgIpc) is 3.36. The summed E-state index contributed by atoms with van der Waals surface area (Å²) in [5, 5.41) is 34.9. The molecule has 0 amide bonds. The third-order valence-electron chi connectivity index (χ3n) is 5.29. The first-order chi connectivity index (χ1) is 15.5. The molecule has 0 aliphatic heterocycles. The van der Waals surface area contributed by atoms with Gasteiger partial charge in [0.15, 0.2) is 5.82 Å². The van der Waals surface area contributed by atoms with E-state index in [-0.39, 0.29) is 25.3 Å². The van der Waals surface area contributed by atoms with Crippen LogP contribution in [0.5, 0.6) is 0 Å². The number of aromatic nitrogens is 4. The minimum absolute atomic E-state index is 0.106. The highest BCUT2D eigenvalue weighted by Gasteiger charge is 2.21. The van der Waals surface area contributed by atoms with Crippen LogP contribution in [0.3, 0.4) is 0 Å². The second kappa shape index (κ2) is 8.63. The molecule has 3 aromatic heterocycles. The summed E-state index contributed by atoms with van der Waals surface area (Å²) in [6, 6.07) is 9.57. The fraction of sp³-hybridized carbons (Fsp3) is 0.273. The number of nitrogens with one attached hydrogen (secondary N) is 2. The number of aryl methyl sites for hydroxylation is 1. The Labute approximate surface area is 183 Å². The van der Waals surface area contributed by atoms with Crippen molar-refractivity contribution in [1.29, 1.82) is 10.5 Å². The SMILES string of the molecule is CNc1nc2c(cc(-c3cc(F)cc(C#N)c3)n2CC(C#N)NCCO)c2c1ncn2C. The lowest BCUT2D eigenvalue weighted by Gasteiger charge is -2.16. The van der Waals surface area contributed by atoms with Crippen molar-refractivity contribution in [2.45, 2.75) is 12.6 Å². The third kappa shape index (κ3) is 3.62. The molecule has 9 nitrogen and oxygen atoms in total. The van der Waals surface area contributed by atoms with Gasteiger partial charge in [-0.1, -0.05) is 0 Å². The number of hydrogen-bond donors (Lipinski definition) is 3. The molecule has 0 saturated heterocycles. The third-order valence-corrected chi connectivity index (χ3v) is 5.29. The number of anilines is 1. The molecule has 0 saturated carbocycles. The first-order valence-corrected chi connectivity index (χ1v) is 9.97. The van der Waals surface area contributed by atoms with Crippen molar-refractivity contribution in [1.82, 2.24) is 24.4 Å². The lowest BCUT2D eigenvalue weighted by Crippen LogP contribution is -2.34. The van der Waals surface area contributed by atoms with Crippen LogP contribution in [0.2, 0.25) is 0 Å². The van der Waals surface area contributed by atoms with Gasteiger partial charge < -0.3 is 19.6 Å². The number of pyridine rings is 1. The Bertz CT molecular complexity index is 1390. The van der Waals surface area contributed by atoms with E-state index in [4.69, 9.17) is 10.1 Å². The number of rotatable bonds is 7. The first kappa shape index (κ1) is 21.2. The lowest BCUT2D eigenvalue weighted by atomic mass is 10.1. The van der Waals surface area contributed by atoms with Crippen LogP contribution in [0.1, 0.15) is 5.56 Å². The van der Waals surface area contributed by atoms with Gasteiger partial charge in [0, 0.05) is 31.6 Å². The molecule has 0 fully saturated rings. The minimum Gasteiger partial charge on any atom is -0.395 e. The lowest BCUT2D eigenvalue weighted by molar-refractivity contribution is 0.287. The smallest absolute Gasteiger partial charge is 0.156 e. The van der Waals surface area contributed by atoms with Gasteiger partial charge in [0.1, 0.15) is 23.0 Å². The second-order valence-corrected chi connectivity index (χ2v) is 7.34. The van der Waals surface area contributed by atoms with Crippen LogP contribution in [0.25, 0.3) is 33.3 Å². The molecule has 10 heteroatoms. The summed E-state index contributed by atoms with van der Waals surface area (Å²) < 4.78 is 18.0. The van der Waals surface area contributed by atoms with Crippen LogP contribution in [-0.4, -0.2) is 50.4 Å². The number of hydrogen-bond acceptors (Lipinski definition) is 7. The van der Waals surface area contributed by atoms with E-state index in [1.54, 1.807) is 19.4 Å². The summed E-state index contributed by atoms with van der Waals surface area (Å²) in [5.41, 5.74) is 3.44. The van der Waals surface area contributed by atoms with E-state index in [1.165, 1.54) is 12.1 Å². The van der Waals surface area contributed by atoms with Crippen molar-refractivity contribution >= 4 is 27.9 Å². The summed E-state index contributed by atoms with van der Waals surface area (Å²) in [6.45, 7) is 0.352. The zero-order chi connectivity index (χ0) is 22.8. The Morgan fingerprint density at radius 3 is 2.75 bits per heavy atom. The number of nitriles is 2. The summed E-state index contributed by atoms with van der Waals surface area (Å²) in [5.74, 6) is 0.0495. The molecular weight excluding hydrogens is 411 g/mol. The predicted molar refractivity (Wildman–Crippen MR) is 118 cm³/mol. The van der Waals surface area contributed by atoms with E-state index >= 15 is 0 Å². The molecule has 1 unspecified atom stereocenters. The van der Waals surface area contributed by atoms with Gasteiger partial charge in [-0.25, -0.2) is 14.4 Å². The summed E-state index contributed by atoms with van der Waals surface area (Å²) in [7, 11) is 3.63. The van der Waals surface area contributed by atoms with Gasteiger partial charge in [-0.2, -0.15) is 10.5 Å². The van der Waals surface area contributed by atoms with Gasteiger partial charge in [-0.15, -0.1) is 0 Å². The second-order valence-electron chi connectivity index (χ2n) is 7.34. The van der Waals surface area contributed by atoms with Crippen molar-refractivity contribution in [3.05, 3.63) is 42.0 Å². The molecule has 1 atom stereocenters. The normalized spacial score (nSPS) is 12.1. The molecule has 0 aliphatic carbocycles. The van der Waals surface area contributed by atoms with Crippen LogP contribution >= 0.6 is 0 Å². The number of fused-ring (bicyclic) bond motifs is 3. The standard InChI is InChI=1S/C22H21FN8O/c1-26-21-19-20(30(2)12-28-19)17-8-18(14-5-13(9-24)6-15(23)7-14)31(22(17)29-21)11-16(10-25)27-3-4-32/h5-8,12,16,27,32H,3-4,11H2,1-2H3,(H,26,29). The van der Waals surface area contributed by atoms with E-state index in [0.717, 1.165) is 10.9 Å². The molecular formula is C22H21FN8O. The van der Waals surface area contributed by atoms with Crippen LogP contribution < -0.4 is 10.6 Å². The Morgan fingerprint density at radius 2 is 2.06 bits per heavy atom. The molecule has 32 heavy (non-hydrogen) atoms. The van der Waals surface area contributed by atoms with Crippen LogP contribution in [0.4, 0.5) is 10.2 Å². The molecule has 0 radical (unpaired) electrons.